The van der Waals surface area contributed by atoms with Gasteiger partial charge in [-0.2, -0.15) is 0 Å². The molecule has 12 nitrogen and oxygen atoms in total. The van der Waals surface area contributed by atoms with Gasteiger partial charge in [-0.05, 0) is 63.3 Å². The second-order valence-corrected chi connectivity index (χ2v) is 15.5. The molecule has 12 heteroatoms. The highest BCUT2D eigenvalue weighted by Crippen LogP contribution is 2.23. The lowest BCUT2D eigenvalue weighted by molar-refractivity contribution is -0.139. The van der Waals surface area contributed by atoms with Gasteiger partial charge >= 0.3 is 5.97 Å². The van der Waals surface area contributed by atoms with Gasteiger partial charge in [-0.1, -0.05) is 130 Å². The number of aliphatic carboxylic acids is 1. The van der Waals surface area contributed by atoms with Crippen LogP contribution in [-0.4, -0.2) is 105 Å². The van der Waals surface area contributed by atoms with Crippen molar-refractivity contribution in [3.8, 4) is 0 Å². The molecule has 1 aromatic rings. The van der Waals surface area contributed by atoms with Crippen LogP contribution in [0.2, 0.25) is 0 Å². The van der Waals surface area contributed by atoms with E-state index in [1.54, 1.807) is 19.1 Å². The summed E-state index contributed by atoms with van der Waals surface area (Å²) >= 11 is 0. The van der Waals surface area contributed by atoms with E-state index in [1.165, 1.54) is 44.6 Å². The van der Waals surface area contributed by atoms with E-state index in [0.717, 1.165) is 31.7 Å². The molecule has 0 spiro atoms. The molecule has 0 saturated carbocycles. The third-order valence-corrected chi connectivity index (χ3v) is 9.85. The van der Waals surface area contributed by atoms with Crippen molar-refractivity contribution < 1.29 is 38.6 Å². The number of Topliss-reactive ketones (excluding diaryl/α,β-unsaturated/α-hetero) is 1. The molecule has 1 saturated heterocycles. The summed E-state index contributed by atoms with van der Waals surface area (Å²) < 4.78 is 11.1. The van der Waals surface area contributed by atoms with Gasteiger partial charge in [-0.15, -0.1) is 0 Å². The van der Waals surface area contributed by atoms with E-state index in [1.807, 2.05) is 44.5 Å². The highest BCUT2D eigenvalue weighted by atomic mass is 16.5. The second-order valence-electron chi connectivity index (χ2n) is 15.5. The molecule has 332 valence electrons. The van der Waals surface area contributed by atoms with Gasteiger partial charge in [0.1, 0.15) is 12.3 Å². The smallest absolute Gasteiger partial charge is 0.322 e. The molecule has 1 aliphatic rings. The molecule has 0 aliphatic carbocycles. The number of carbonyl (C=O) groups excluding carboxylic acids is 4. The molecule has 3 amide bonds. The van der Waals surface area contributed by atoms with Gasteiger partial charge in [0.2, 0.25) is 18.2 Å². The molecule has 1 aromatic carbocycles. The van der Waals surface area contributed by atoms with Crippen LogP contribution in [-0.2, 0) is 33.4 Å². The molecule has 1 fully saturated rings. The Morgan fingerprint density at radius 1 is 0.930 bits per heavy atom. The Hall–Kier alpha value is -3.35. The molecule has 7 atom stereocenters. The number of benzene rings is 1. The quantitative estimate of drug-likeness (QED) is 0.0924. The first-order chi connectivity index (χ1) is 26.9. The van der Waals surface area contributed by atoms with Crippen LogP contribution >= 0.6 is 0 Å². The number of hydrogen-bond acceptors (Lipinski definition) is 8. The summed E-state index contributed by atoms with van der Waals surface area (Å²) in [5.41, 5.74) is 1.32. The predicted octanol–water partition coefficient (Wildman–Crippen LogP) is 7.46. The first-order valence-corrected chi connectivity index (χ1v) is 21.1. The van der Waals surface area contributed by atoms with E-state index in [9.17, 15) is 24.0 Å². The zero-order chi connectivity index (χ0) is 44.3. The number of nitrogens with one attached hydrogen (secondary N) is 3. The summed E-state index contributed by atoms with van der Waals surface area (Å²) in [7, 11) is 5.12. The van der Waals surface area contributed by atoms with Crippen molar-refractivity contribution in [1.29, 1.82) is 0 Å². The van der Waals surface area contributed by atoms with Crippen LogP contribution in [0.25, 0.3) is 0 Å². The highest BCUT2D eigenvalue weighted by molar-refractivity contribution is 5.87. The van der Waals surface area contributed by atoms with Crippen LogP contribution in [0.3, 0.4) is 0 Å². The maximum absolute atomic E-state index is 12.6. The fraction of sp³-hybridized carbons (Fsp3) is 0.756. The van der Waals surface area contributed by atoms with Crippen molar-refractivity contribution in [3.63, 3.8) is 0 Å². The van der Waals surface area contributed by atoms with Crippen LogP contribution in [0, 0.1) is 30.6 Å². The minimum Gasteiger partial charge on any atom is -0.480 e. The van der Waals surface area contributed by atoms with Crippen molar-refractivity contribution in [2.24, 2.45) is 23.7 Å². The zero-order valence-corrected chi connectivity index (χ0v) is 38.3. The number of hydrogen-bond donors (Lipinski definition) is 4. The monoisotopic (exact) mass is 809 g/mol. The topological polar surface area (TPSA) is 163 Å². The summed E-state index contributed by atoms with van der Waals surface area (Å²) in [5.74, 6) is 1.07. The van der Waals surface area contributed by atoms with E-state index in [2.05, 4.69) is 78.2 Å². The van der Waals surface area contributed by atoms with E-state index < -0.39 is 5.97 Å². The molecule has 7 unspecified atom stereocenters. The van der Waals surface area contributed by atoms with Gasteiger partial charge in [0.15, 0.2) is 0 Å². The first-order valence-electron chi connectivity index (χ1n) is 21.1. The van der Waals surface area contributed by atoms with Gasteiger partial charge in [-0.3, -0.25) is 24.0 Å². The zero-order valence-electron chi connectivity index (χ0n) is 38.3. The Balaban J connectivity index is -0.000000762. The Morgan fingerprint density at radius 2 is 1.53 bits per heavy atom. The van der Waals surface area contributed by atoms with E-state index >= 15 is 0 Å². The summed E-state index contributed by atoms with van der Waals surface area (Å²) in [6.45, 7) is 23.9. The Bertz CT molecular complexity index is 1160. The molecule has 2 rings (SSSR count). The minimum absolute atomic E-state index is 0.0293. The average molecular weight is 809 g/mol. The van der Waals surface area contributed by atoms with Crippen LogP contribution in [0.1, 0.15) is 133 Å². The number of carboxylic acids is 1. The second kappa shape index (κ2) is 37.0. The number of ketones is 1. The molecular weight excluding hydrogens is 725 g/mol. The number of ether oxygens (including phenoxy) is 2. The maximum Gasteiger partial charge on any atom is 0.322 e. The van der Waals surface area contributed by atoms with Crippen molar-refractivity contribution in [2.45, 2.75) is 158 Å². The normalized spacial score (nSPS) is 16.0. The third kappa shape index (κ3) is 30.4. The van der Waals surface area contributed by atoms with Gasteiger partial charge in [0.25, 0.3) is 0 Å². The predicted molar refractivity (Wildman–Crippen MR) is 233 cm³/mol. The van der Waals surface area contributed by atoms with Gasteiger partial charge in [0.05, 0.1) is 30.8 Å². The third-order valence-electron chi connectivity index (χ3n) is 9.85. The number of amides is 3. The number of methoxy groups -OCH3 is 2. The number of rotatable bonds is 21. The Morgan fingerprint density at radius 3 is 1.89 bits per heavy atom. The van der Waals surface area contributed by atoms with Crippen LogP contribution in [0.5, 0.6) is 0 Å². The highest BCUT2D eigenvalue weighted by Gasteiger charge is 2.33. The first kappa shape index (κ1) is 58.0. The lowest BCUT2D eigenvalue weighted by Gasteiger charge is -2.37. The van der Waals surface area contributed by atoms with Gasteiger partial charge < -0.3 is 35.4 Å². The number of likely N-dealkylation sites (N-methyl/N-ethyl adjacent to an activating group) is 1. The lowest BCUT2D eigenvalue weighted by atomic mass is 9.89. The largest absolute Gasteiger partial charge is 0.480 e. The van der Waals surface area contributed by atoms with E-state index in [4.69, 9.17) is 14.6 Å². The molecule has 0 bridgehead atoms. The molecule has 0 aromatic heterocycles. The van der Waals surface area contributed by atoms with Gasteiger partial charge in [0, 0.05) is 27.7 Å². The minimum atomic E-state index is -1.04. The summed E-state index contributed by atoms with van der Waals surface area (Å²) in [4.78, 5) is 56.7. The molecule has 57 heavy (non-hydrogen) atoms. The van der Waals surface area contributed by atoms with Crippen LogP contribution in [0.4, 0.5) is 0 Å². The number of nitrogens with zero attached hydrogens (tertiary/aromatic N) is 1. The molecule has 4 N–H and O–H groups in total. The number of carboxylic acid groups (broad SMARTS) is 1. The van der Waals surface area contributed by atoms with Crippen molar-refractivity contribution >= 4 is 30.0 Å². The average Bonchev–Trinajstić information content (AvgIpc) is 3.72. The summed E-state index contributed by atoms with van der Waals surface area (Å²) in [5, 5.41) is 15.6. The maximum atomic E-state index is 12.6. The number of aryl methyl sites for hydroxylation is 1. The van der Waals surface area contributed by atoms with Crippen molar-refractivity contribution in [3.05, 3.63) is 35.9 Å². The Kier molecular flexibility index (Phi) is 37.6. The summed E-state index contributed by atoms with van der Waals surface area (Å²) in [6, 6.07) is 9.85. The van der Waals surface area contributed by atoms with Crippen molar-refractivity contribution in [2.75, 3.05) is 40.9 Å². The van der Waals surface area contributed by atoms with Crippen molar-refractivity contribution in [1.82, 2.24) is 20.9 Å². The standard InChI is InChI=1S/C18H33N3O4.C14H30O.C7H8.C3H5NO3.C3H8/c1-6-12(2)17(15(25-5)10-13(3)22)21(4)16(23)11-20-18(24)14-8-7-9-19-14;1-7-12(4)9-8-10-13(5)14(15-6)11(2)3;1-7-5-3-2-4-6-7;5-2-4-1-3(6)7;1-3-2/h12,14-15,17,19H,6-11H2,1-5H3,(H,20,24);11-14H,7-10H2,1-6H3;2-6H,1H3;2H,1H2,(H,4,5)(H,6,7);3H2,1-2H3. The fourth-order valence-corrected chi connectivity index (χ4v) is 6.33. The van der Waals surface area contributed by atoms with Crippen LogP contribution in [0.15, 0.2) is 30.3 Å². The summed E-state index contributed by atoms with van der Waals surface area (Å²) in [6.07, 6.45) is 9.91. The molecule has 1 aliphatic heterocycles. The Labute approximate surface area is 347 Å². The SMILES string of the molecule is CCC.CCC(C)C(C(CC(C)=O)OC)N(C)C(=O)CNC(=O)C1CCCN1.CCC(C)CCCC(C)C(OC)C(C)C.Cc1ccccc1.O=CNCC(=O)O. The molecule has 1 heterocycles. The van der Waals surface area contributed by atoms with E-state index in [-0.39, 0.29) is 61.2 Å². The molecule has 0 radical (unpaired) electrons. The van der Waals surface area contributed by atoms with E-state index in [0.29, 0.717) is 24.3 Å². The number of carbonyl (C=O) groups is 5. The van der Waals surface area contributed by atoms with Crippen LogP contribution < -0.4 is 16.0 Å². The van der Waals surface area contributed by atoms with Gasteiger partial charge in [-0.25, -0.2) is 0 Å². The lowest BCUT2D eigenvalue weighted by Crippen LogP contribution is -2.53. The molecular formula is C45H84N4O8. The fourth-order valence-electron chi connectivity index (χ4n) is 6.33.